The van der Waals surface area contributed by atoms with Crippen molar-refractivity contribution < 1.29 is 24.2 Å². The molecule has 7 heteroatoms. The summed E-state index contributed by atoms with van der Waals surface area (Å²) >= 11 is 0. The van der Waals surface area contributed by atoms with Crippen molar-refractivity contribution in [2.75, 3.05) is 13.7 Å². The molecule has 1 heterocycles. The van der Waals surface area contributed by atoms with Crippen LogP contribution in [0.4, 0.5) is 0 Å². The van der Waals surface area contributed by atoms with Crippen molar-refractivity contribution in [2.24, 2.45) is 0 Å². The number of rotatable bonds is 10. The fourth-order valence-electron chi connectivity index (χ4n) is 5.29. The molecule has 4 aromatic carbocycles. The number of aromatic nitrogens is 2. The van der Waals surface area contributed by atoms with E-state index in [-0.39, 0.29) is 24.4 Å². The largest absolute Gasteiger partial charge is 0.497 e. The first-order valence-corrected chi connectivity index (χ1v) is 13.4. The Balaban J connectivity index is 1.45. The van der Waals surface area contributed by atoms with E-state index < -0.39 is 12.1 Å². The van der Waals surface area contributed by atoms with Gasteiger partial charge in [-0.05, 0) is 101 Å². The van der Waals surface area contributed by atoms with Crippen LogP contribution in [-0.2, 0) is 16.0 Å². The van der Waals surface area contributed by atoms with Crippen LogP contribution < -0.4 is 4.74 Å². The molecule has 208 valence electrons. The molecule has 1 aromatic heterocycles. The molecule has 0 aliphatic rings. The van der Waals surface area contributed by atoms with Gasteiger partial charge in [0.15, 0.2) is 5.78 Å². The van der Waals surface area contributed by atoms with E-state index in [1.165, 1.54) is 0 Å². The number of hydrogen-bond donors (Lipinski definition) is 1. The van der Waals surface area contributed by atoms with Crippen LogP contribution in [0, 0.1) is 20.8 Å². The molecule has 1 unspecified atom stereocenters. The van der Waals surface area contributed by atoms with Gasteiger partial charge in [0.1, 0.15) is 18.5 Å². The number of Topliss-reactive ketones (excluding diaryl/α,β-unsaturated/α-hetero) is 1. The van der Waals surface area contributed by atoms with Gasteiger partial charge in [-0.25, -0.2) is 9.78 Å². The second-order valence-corrected chi connectivity index (χ2v) is 10.3. The number of ketones is 1. The number of hydrogen-bond acceptors (Lipinski definition) is 5. The van der Waals surface area contributed by atoms with Crippen molar-refractivity contribution >= 4 is 22.5 Å². The minimum atomic E-state index is -0.984. The lowest BCUT2D eigenvalue weighted by atomic mass is 9.89. The standard InChI is InChI=1S/C34H32N2O5/c1-21-5-9-28(36-12-11-35-20-36)18-31(21)33(32-22(2)13-27(34(38)39)14-23(32)3)41-19-29(37)16-24-6-7-26-17-30(40-4)10-8-25(26)15-24/h5-15,17-18,20,33H,16,19H2,1-4H3,(H,38,39). The first-order chi connectivity index (χ1) is 19.7. The third-order valence-corrected chi connectivity index (χ3v) is 7.37. The number of carboxylic acid groups (broad SMARTS) is 1. The summed E-state index contributed by atoms with van der Waals surface area (Å²) in [5.74, 6) is -0.249. The number of carboxylic acids is 1. The first-order valence-electron chi connectivity index (χ1n) is 13.4. The predicted molar refractivity (Wildman–Crippen MR) is 158 cm³/mol. The molecule has 0 aliphatic heterocycles. The number of ether oxygens (including phenoxy) is 2. The molecule has 0 bridgehead atoms. The zero-order valence-corrected chi connectivity index (χ0v) is 23.5. The SMILES string of the molecule is COc1ccc2cc(CC(=O)COC(c3cc(-n4ccnc4)ccc3C)c3c(C)cc(C(=O)O)cc3C)ccc2c1. The Morgan fingerprint density at radius 3 is 2.32 bits per heavy atom. The number of carbonyl (C=O) groups is 2. The molecule has 0 amide bonds. The van der Waals surface area contributed by atoms with E-state index in [2.05, 4.69) is 4.98 Å². The third-order valence-electron chi connectivity index (χ3n) is 7.37. The molecule has 0 radical (unpaired) electrons. The van der Waals surface area contributed by atoms with Crippen LogP contribution in [0.1, 0.15) is 49.8 Å². The minimum absolute atomic E-state index is 0.0521. The fraction of sp³-hybridized carbons (Fsp3) is 0.206. The number of aromatic carboxylic acids is 1. The molecule has 7 nitrogen and oxygen atoms in total. The second kappa shape index (κ2) is 11.8. The molecule has 0 saturated heterocycles. The summed E-state index contributed by atoms with van der Waals surface area (Å²) < 4.78 is 13.7. The van der Waals surface area contributed by atoms with E-state index in [4.69, 9.17) is 9.47 Å². The molecule has 5 aromatic rings. The van der Waals surface area contributed by atoms with Gasteiger partial charge >= 0.3 is 5.97 Å². The lowest BCUT2D eigenvalue weighted by Gasteiger charge is -2.25. The highest BCUT2D eigenvalue weighted by Crippen LogP contribution is 2.35. The van der Waals surface area contributed by atoms with Crippen LogP contribution in [0.5, 0.6) is 5.75 Å². The molecular weight excluding hydrogens is 516 g/mol. The monoisotopic (exact) mass is 548 g/mol. The lowest BCUT2D eigenvalue weighted by Crippen LogP contribution is -2.18. The van der Waals surface area contributed by atoms with Crippen molar-refractivity contribution in [1.29, 1.82) is 0 Å². The summed E-state index contributed by atoms with van der Waals surface area (Å²) in [6, 6.07) is 21.2. The highest BCUT2D eigenvalue weighted by Gasteiger charge is 2.24. The van der Waals surface area contributed by atoms with Crippen LogP contribution in [0.3, 0.4) is 0 Å². The smallest absolute Gasteiger partial charge is 0.335 e. The molecule has 41 heavy (non-hydrogen) atoms. The quantitative estimate of drug-likeness (QED) is 0.212. The number of carbonyl (C=O) groups excluding carboxylic acids is 1. The molecular formula is C34H32N2O5. The maximum atomic E-state index is 13.2. The van der Waals surface area contributed by atoms with Gasteiger partial charge in [-0.15, -0.1) is 0 Å². The van der Waals surface area contributed by atoms with Crippen LogP contribution in [0.15, 0.2) is 85.5 Å². The van der Waals surface area contributed by atoms with Crippen molar-refractivity contribution in [2.45, 2.75) is 33.3 Å². The van der Waals surface area contributed by atoms with Crippen LogP contribution >= 0.6 is 0 Å². The zero-order valence-electron chi connectivity index (χ0n) is 23.5. The third kappa shape index (κ3) is 6.05. The van der Waals surface area contributed by atoms with Crippen molar-refractivity contribution in [3.8, 4) is 11.4 Å². The Bertz CT molecular complexity index is 1720. The molecule has 5 rings (SSSR count). The average Bonchev–Trinajstić information content (AvgIpc) is 3.49. The van der Waals surface area contributed by atoms with E-state index >= 15 is 0 Å². The number of benzene rings is 4. The summed E-state index contributed by atoms with van der Waals surface area (Å²) in [7, 11) is 1.64. The number of aryl methyl sites for hydroxylation is 3. The number of nitrogens with zero attached hydrogens (tertiary/aromatic N) is 2. The Morgan fingerprint density at radius 2 is 1.63 bits per heavy atom. The van der Waals surface area contributed by atoms with E-state index in [0.717, 1.165) is 55.6 Å². The highest BCUT2D eigenvalue weighted by atomic mass is 16.5. The molecule has 0 fully saturated rings. The molecule has 1 atom stereocenters. The fourth-order valence-corrected chi connectivity index (χ4v) is 5.29. The summed E-state index contributed by atoms with van der Waals surface area (Å²) in [5, 5.41) is 11.7. The summed E-state index contributed by atoms with van der Waals surface area (Å²) in [6.45, 7) is 5.67. The van der Waals surface area contributed by atoms with Crippen LogP contribution in [0.25, 0.3) is 16.5 Å². The molecule has 0 aliphatic carbocycles. The second-order valence-electron chi connectivity index (χ2n) is 10.3. The van der Waals surface area contributed by atoms with Crippen LogP contribution in [-0.4, -0.2) is 40.1 Å². The molecule has 0 saturated carbocycles. The van der Waals surface area contributed by atoms with Gasteiger partial charge in [-0.3, -0.25) is 4.79 Å². The Kier molecular flexibility index (Phi) is 7.99. The summed E-state index contributed by atoms with van der Waals surface area (Å²) in [6.07, 6.45) is 4.97. The van der Waals surface area contributed by atoms with Gasteiger partial charge in [-0.1, -0.05) is 30.3 Å². The van der Waals surface area contributed by atoms with E-state index in [1.54, 1.807) is 31.8 Å². The van der Waals surface area contributed by atoms with Crippen molar-refractivity contribution in [3.63, 3.8) is 0 Å². The van der Waals surface area contributed by atoms with Crippen molar-refractivity contribution in [3.05, 3.63) is 124 Å². The predicted octanol–water partition coefficient (Wildman–Crippen LogP) is 6.58. The van der Waals surface area contributed by atoms with E-state index in [0.29, 0.717) is 0 Å². The lowest BCUT2D eigenvalue weighted by molar-refractivity contribution is -0.124. The van der Waals surface area contributed by atoms with Gasteiger partial charge in [0.2, 0.25) is 0 Å². The average molecular weight is 549 g/mol. The van der Waals surface area contributed by atoms with Gasteiger partial charge in [0.25, 0.3) is 0 Å². The molecule has 1 N–H and O–H groups in total. The topological polar surface area (TPSA) is 90.7 Å². The Labute approximate surface area is 239 Å². The number of methoxy groups -OCH3 is 1. The maximum absolute atomic E-state index is 13.2. The van der Waals surface area contributed by atoms with Crippen molar-refractivity contribution in [1.82, 2.24) is 9.55 Å². The van der Waals surface area contributed by atoms with Crippen LogP contribution in [0.2, 0.25) is 0 Å². The van der Waals surface area contributed by atoms with Gasteiger partial charge in [0, 0.05) is 24.5 Å². The maximum Gasteiger partial charge on any atom is 0.335 e. The normalized spacial score (nSPS) is 11.9. The first kappa shape index (κ1) is 27.8. The van der Waals surface area contributed by atoms with Gasteiger partial charge < -0.3 is 19.1 Å². The van der Waals surface area contributed by atoms with Gasteiger partial charge in [0.05, 0.1) is 19.0 Å². The minimum Gasteiger partial charge on any atom is -0.497 e. The van der Waals surface area contributed by atoms with E-state index in [9.17, 15) is 14.7 Å². The molecule has 0 spiro atoms. The number of fused-ring (bicyclic) bond motifs is 1. The van der Waals surface area contributed by atoms with E-state index in [1.807, 2.05) is 86.1 Å². The highest BCUT2D eigenvalue weighted by molar-refractivity contribution is 5.89. The Hall–Kier alpha value is -4.75. The zero-order chi connectivity index (χ0) is 29.1. The summed E-state index contributed by atoms with van der Waals surface area (Å²) in [5.41, 5.74) is 6.37. The van der Waals surface area contributed by atoms with Gasteiger partial charge in [-0.2, -0.15) is 0 Å². The summed E-state index contributed by atoms with van der Waals surface area (Å²) in [4.78, 5) is 29.1. The number of imidazole rings is 1. The Morgan fingerprint density at radius 1 is 0.902 bits per heavy atom.